The van der Waals surface area contributed by atoms with Crippen molar-refractivity contribution in [2.75, 3.05) is 0 Å². The molecule has 0 aromatic heterocycles. The Bertz CT molecular complexity index is 389. The van der Waals surface area contributed by atoms with Crippen molar-refractivity contribution in [3.63, 3.8) is 0 Å². The molecule has 1 aromatic rings. The van der Waals surface area contributed by atoms with Gasteiger partial charge in [0.05, 0.1) is 5.38 Å². The maximum absolute atomic E-state index is 12.6. The summed E-state index contributed by atoms with van der Waals surface area (Å²) in [5, 5.41) is 1.15. The van der Waals surface area contributed by atoms with Crippen LogP contribution in [-0.2, 0) is 4.79 Å². The topological polar surface area (TPSA) is 17.1 Å². The first-order chi connectivity index (χ1) is 9.00. The fraction of sp³-hybridized carbons (Fsp3) is 0.562. The Kier molecular flexibility index (Phi) is 6.80. The molecule has 0 bridgehead atoms. The summed E-state index contributed by atoms with van der Waals surface area (Å²) >= 11 is 6.33. The van der Waals surface area contributed by atoms with Crippen LogP contribution < -0.4 is 5.19 Å². The number of hydrogen-bond acceptors (Lipinski definition) is 1. The molecule has 0 aliphatic carbocycles. The first-order valence-electron chi connectivity index (χ1n) is 7.24. The second-order valence-corrected chi connectivity index (χ2v) is 10.5. The summed E-state index contributed by atoms with van der Waals surface area (Å²) in [6.45, 7) is 6.40. The van der Waals surface area contributed by atoms with Crippen LogP contribution >= 0.6 is 11.6 Å². The summed E-state index contributed by atoms with van der Waals surface area (Å²) in [7, 11) is -2.09. The van der Waals surface area contributed by atoms with Crippen molar-refractivity contribution >= 4 is 30.3 Å². The second kappa shape index (κ2) is 7.86. The average Bonchev–Trinajstić information content (AvgIpc) is 2.43. The van der Waals surface area contributed by atoms with Crippen LogP contribution in [0.4, 0.5) is 0 Å². The van der Waals surface area contributed by atoms with Gasteiger partial charge in [-0.15, -0.1) is 11.6 Å². The van der Waals surface area contributed by atoms with E-state index in [0.717, 1.165) is 12.8 Å². The second-order valence-electron chi connectivity index (χ2n) is 5.67. The number of unbranched alkanes of at least 4 members (excludes halogenated alkanes) is 3. The molecule has 1 unspecified atom stereocenters. The van der Waals surface area contributed by atoms with Gasteiger partial charge in [-0.1, -0.05) is 81.2 Å². The van der Waals surface area contributed by atoms with Gasteiger partial charge in [0.1, 0.15) is 5.41 Å². The van der Waals surface area contributed by atoms with Crippen LogP contribution in [-0.4, -0.2) is 18.9 Å². The average molecular weight is 297 g/mol. The van der Waals surface area contributed by atoms with Gasteiger partial charge in [0, 0.05) is 0 Å². The van der Waals surface area contributed by atoms with Gasteiger partial charge in [-0.25, -0.2) is 0 Å². The van der Waals surface area contributed by atoms with Crippen LogP contribution in [0.25, 0.3) is 0 Å². The van der Waals surface area contributed by atoms with Gasteiger partial charge in [0.15, 0.2) is 8.07 Å². The summed E-state index contributed by atoms with van der Waals surface area (Å²) < 4.78 is 0. The smallest absolute Gasteiger partial charge is 0.159 e. The van der Waals surface area contributed by atoms with Crippen LogP contribution in [0.3, 0.4) is 0 Å². The fourth-order valence-corrected chi connectivity index (χ4v) is 5.48. The Balaban J connectivity index is 2.60. The third-order valence-electron chi connectivity index (χ3n) is 3.71. The maximum Gasteiger partial charge on any atom is 0.159 e. The molecule has 1 nitrogen and oxygen atoms in total. The Morgan fingerprint density at radius 1 is 1.16 bits per heavy atom. The first kappa shape index (κ1) is 16.5. The van der Waals surface area contributed by atoms with Crippen LogP contribution in [0.5, 0.6) is 0 Å². The van der Waals surface area contributed by atoms with E-state index in [1.54, 1.807) is 0 Å². The highest BCUT2D eigenvalue weighted by Crippen LogP contribution is 2.17. The van der Waals surface area contributed by atoms with E-state index in [0.29, 0.717) is 0 Å². The summed E-state index contributed by atoms with van der Waals surface area (Å²) in [5.74, 6) is 0. The van der Waals surface area contributed by atoms with E-state index in [4.69, 9.17) is 11.6 Å². The lowest BCUT2D eigenvalue weighted by Gasteiger charge is -2.24. The molecule has 0 amide bonds. The number of benzene rings is 1. The summed E-state index contributed by atoms with van der Waals surface area (Å²) in [6, 6.07) is 10.1. The minimum Gasteiger partial charge on any atom is -0.303 e. The summed E-state index contributed by atoms with van der Waals surface area (Å²) in [6.07, 6.45) is 5.51. The van der Waals surface area contributed by atoms with E-state index in [1.165, 1.54) is 24.4 Å². The molecular weight excluding hydrogens is 272 g/mol. The molecule has 0 saturated heterocycles. The third-order valence-corrected chi connectivity index (χ3v) is 7.66. The predicted molar refractivity (Wildman–Crippen MR) is 87.0 cm³/mol. The Morgan fingerprint density at radius 2 is 1.79 bits per heavy atom. The fourth-order valence-electron chi connectivity index (χ4n) is 2.27. The van der Waals surface area contributed by atoms with Crippen LogP contribution in [0, 0.1) is 0 Å². The molecular formula is C16H25ClOSi. The minimum atomic E-state index is -2.09. The van der Waals surface area contributed by atoms with Crippen LogP contribution in [0.15, 0.2) is 30.3 Å². The molecule has 0 fully saturated rings. The number of alkyl halides is 1. The van der Waals surface area contributed by atoms with E-state index in [9.17, 15) is 4.79 Å². The van der Waals surface area contributed by atoms with Crippen LogP contribution in [0.1, 0.15) is 39.0 Å². The molecule has 3 heteroatoms. The minimum absolute atomic E-state index is 0.275. The zero-order valence-electron chi connectivity index (χ0n) is 12.3. The highest BCUT2D eigenvalue weighted by molar-refractivity contribution is 7.14. The molecule has 0 aliphatic rings. The van der Waals surface area contributed by atoms with Crippen molar-refractivity contribution < 1.29 is 4.79 Å². The Labute approximate surface area is 123 Å². The van der Waals surface area contributed by atoms with Crippen molar-refractivity contribution in [2.45, 2.75) is 57.5 Å². The SMILES string of the molecule is CCCCCCC(Cl)C(=O)[Si](C)(C)c1ccccc1. The third kappa shape index (κ3) is 4.77. The van der Waals surface area contributed by atoms with Gasteiger partial charge in [0.2, 0.25) is 0 Å². The zero-order chi connectivity index (χ0) is 14.3. The quantitative estimate of drug-likeness (QED) is 0.397. The molecule has 0 N–H and O–H groups in total. The molecule has 0 heterocycles. The van der Waals surface area contributed by atoms with Crippen molar-refractivity contribution in [1.29, 1.82) is 0 Å². The molecule has 1 atom stereocenters. The van der Waals surface area contributed by atoms with Crippen molar-refractivity contribution in [1.82, 2.24) is 0 Å². The molecule has 1 aromatic carbocycles. The highest BCUT2D eigenvalue weighted by Gasteiger charge is 2.36. The monoisotopic (exact) mass is 296 g/mol. The number of carbonyl (C=O) groups is 1. The van der Waals surface area contributed by atoms with Gasteiger partial charge >= 0.3 is 0 Å². The standard InChI is InChI=1S/C16H25ClOSi/c1-4-5-6-10-13-15(17)16(18)19(2,3)14-11-8-7-9-12-14/h7-9,11-12,15H,4-6,10,13H2,1-3H3. The molecule has 0 spiro atoms. The number of carbonyl (C=O) groups excluding carboxylic acids is 1. The van der Waals surface area contributed by atoms with E-state index in [-0.39, 0.29) is 10.8 Å². The van der Waals surface area contributed by atoms with E-state index in [2.05, 4.69) is 32.2 Å². The normalized spacial score (nSPS) is 13.3. The Hall–Kier alpha value is -0.603. The van der Waals surface area contributed by atoms with Gasteiger partial charge in [-0.2, -0.15) is 0 Å². The van der Waals surface area contributed by atoms with E-state index >= 15 is 0 Å². The molecule has 0 saturated carbocycles. The predicted octanol–water partition coefficient (Wildman–Crippen LogP) is 4.29. The molecule has 106 valence electrons. The van der Waals surface area contributed by atoms with Crippen molar-refractivity contribution in [3.8, 4) is 0 Å². The lowest BCUT2D eigenvalue weighted by molar-refractivity contribution is -0.112. The number of hydrogen-bond donors (Lipinski definition) is 0. The largest absolute Gasteiger partial charge is 0.303 e. The summed E-state index contributed by atoms with van der Waals surface area (Å²) in [4.78, 5) is 12.6. The van der Waals surface area contributed by atoms with E-state index in [1.807, 2.05) is 18.2 Å². The lowest BCUT2D eigenvalue weighted by Crippen LogP contribution is -2.53. The van der Waals surface area contributed by atoms with Crippen molar-refractivity contribution in [3.05, 3.63) is 30.3 Å². The number of halogens is 1. The first-order valence-corrected chi connectivity index (χ1v) is 10.7. The van der Waals surface area contributed by atoms with Gasteiger partial charge in [0.25, 0.3) is 0 Å². The number of rotatable bonds is 8. The Morgan fingerprint density at radius 3 is 2.37 bits per heavy atom. The van der Waals surface area contributed by atoms with Crippen molar-refractivity contribution in [2.24, 2.45) is 0 Å². The lowest BCUT2D eigenvalue weighted by atomic mass is 10.1. The van der Waals surface area contributed by atoms with Crippen LogP contribution in [0.2, 0.25) is 13.1 Å². The summed E-state index contributed by atoms with van der Waals surface area (Å²) in [5.41, 5.74) is 0. The highest BCUT2D eigenvalue weighted by atomic mass is 35.5. The maximum atomic E-state index is 12.6. The molecule has 0 aliphatic heterocycles. The van der Waals surface area contributed by atoms with Gasteiger partial charge in [-0.05, 0) is 6.42 Å². The molecule has 19 heavy (non-hydrogen) atoms. The van der Waals surface area contributed by atoms with E-state index < -0.39 is 8.07 Å². The zero-order valence-corrected chi connectivity index (χ0v) is 14.0. The van der Waals surface area contributed by atoms with Gasteiger partial charge < -0.3 is 4.79 Å². The van der Waals surface area contributed by atoms with Gasteiger partial charge in [-0.3, -0.25) is 0 Å². The molecule has 0 radical (unpaired) electrons. The molecule has 1 rings (SSSR count).